The number of esters is 8. The summed E-state index contributed by atoms with van der Waals surface area (Å²) in [6, 6.07) is 45.8. The van der Waals surface area contributed by atoms with Crippen LogP contribution in [0.25, 0.3) is 22.3 Å². The van der Waals surface area contributed by atoms with Crippen LogP contribution in [0.3, 0.4) is 0 Å². The third-order valence-electron chi connectivity index (χ3n) is 30.3. The number of hydrogen-bond acceptors (Lipinski definition) is 24. The molecule has 148 heavy (non-hydrogen) atoms. The summed E-state index contributed by atoms with van der Waals surface area (Å²) in [7, 11) is 1.60. The first-order chi connectivity index (χ1) is 69.9. The lowest BCUT2D eigenvalue weighted by molar-refractivity contribution is -0.188. The molecule has 0 aromatic heterocycles. The fourth-order valence-corrected chi connectivity index (χ4v) is 17.4. The Morgan fingerprint density at radius 2 is 0.669 bits per heavy atom. The van der Waals surface area contributed by atoms with E-state index in [9.17, 15) is 38.4 Å². The van der Waals surface area contributed by atoms with Crippen LogP contribution in [0.5, 0.6) is 5.75 Å². The highest BCUT2D eigenvalue weighted by atomic mass is 16.7. The van der Waals surface area contributed by atoms with Crippen LogP contribution in [-0.4, -0.2) is 152 Å². The highest BCUT2D eigenvalue weighted by Gasteiger charge is 2.49. The molecular formula is C124H196O24. The van der Waals surface area contributed by atoms with Crippen molar-refractivity contribution in [2.24, 2.45) is 73.4 Å². The van der Waals surface area contributed by atoms with Gasteiger partial charge in [-0.25, -0.2) is 0 Å². The Morgan fingerprint density at radius 1 is 0.338 bits per heavy atom. The van der Waals surface area contributed by atoms with Gasteiger partial charge in [0.25, 0.3) is 0 Å². The van der Waals surface area contributed by atoms with E-state index in [1.165, 1.54) is 137 Å². The number of ether oxygens (including phenoxy) is 16. The molecule has 6 aliphatic rings. The molecule has 0 radical (unpaired) electrons. The van der Waals surface area contributed by atoms with Crippen LogP contribution in [0.4, 0.5) is 0 Å². The van der Waals surface area contributed by atoms with E-state index in [-0.39, 0.29) is 72.5 Å². The molecular weight excluding hydrogens is 1870 g/mol. The first-order valence-corrected chi connectivity index (χ1v) is 55.7. The molecule has 7 unspecified atom stereocenters. The fourth-order valence-electron chi connectivity index (χ4n) is 17.4. The Morgan fingerprint density at radius 3 is 1.03 bits per heavy atom. The molecule has 0 amide bonds. The lowest BCUT2D eigenvalue weighted by Gasteiger charge is -2.55. The SMILES string of the molecule is CCC(C)(C)C(=O)OC(C)CC1C2CC3CC(C2)CC1C3.CCC(C)(C)C(=O)OC(C)OCCC1CCCCC1.CCC(C)(C)C(=O)OC(C)OCCCc1c(-c2ccccc2)cccc1-c1ccccc1.CCC(C)(C)C(=O)OC(C)OCCOC.CCC(C)(C)C(=O)OC(C)OCCOC(C)=O.CCC(C)(C)C(=O)OC(C)OCCOc1ccc(C2CCCCC2)cc1.CCC(C)(C)C(=O)OC(C)OCc1ccccc1. The van der Waals surface area contributed by atoms with Crippen molar-refractivity contribution in [3.05, 3.63) is 150 Å². The highest BCUT2D eigenvalue weighted by molar-refractivity contribution is 5.81. The second-order valence-electron chi connectivity index (χ2n) is 45.2. The van der Waals surface area contributed by atoms with Crippen molar-refractivity contribution in [3.63, 3.8) is 0 Å². The van der Waals surface area contributed by atoms with Crippen LogP contribution in [-0.2, 0) is 122 Å². The van der Waals surface area contributed by atoms with Crippen molar-refractivity contribution < 1.29 is 114 Å². The number of benzene rings is 5. The number of carbonyl (C=O) groups is 8. The topological polar surface area (TPSA) is 284 Å². The molecule has 6 fully saturated rings. The van der Waals surface area contributed by atoms with E-state index < -0.39 is 70.2 Å². The van der Waals surface area contributed by atoms with E-state index in [0.29, 0.717) is 58.6 Å². The van der Waals surface area contributed by atoms with E-state index in [2.05, 4.69) is 97.4 Å². The Labute approximate surface area is 892 Å². The molecule has 0 N–H and O–H groups in total. The minimum absolute atomic E-state index is 0.0127. The van der Waals surface area contributed by atoms with Crippen LogP contribution in [0, 0.1) is 73.4 Å². The van der Waals surface area contributed by atoms with Crippen LogP contribution in [0.15, 0.2) is 133 Å². The Hall–Kier alpha value is -8.62. The third-order valence-corrected chi connectivity index (χ3v) is 30.3. The van der Waals surface area contributed by atoms with E-state index in [1.807, 2.05) is 200 Å². The summed E-state index contributed by atoms with van der Waals surface area (Å²) in [6.45, 7) is 58.0. The number of hydrogen-bond donors (Lipinski definition) is 0. The second-order valence-corrected chi connectivity index (χ2v) is 45.2. The number of rotatable bonds is 51. The molecule has 836 valence electrons. The van der Waals surface area contributed by atoms with Gasteiger partial charge in [-0.05, 0) is 353 Å². The van der Waals surface area contributed by atoms with Crippen molar-refractivity contribution in [2.75, 3.05) is 60.0 Å². The molecule has 5 aromatic rings. The summed E-state index contributed by atoms with van der Waals surface area (Å²) in [5, 5.41) is 0. The van der Waals surface area contributed by atoms with E-state index in [0.717, 1.165) is 111 Å². The number of carbonyl (C=O) groups excluding carboxylic acids is 8. The van der Waals surface area contributed by atoms with Gasteiger partial charge in [0.15, 0.2) is 31.5 Å². The van der Waals surface area contributed by atoms with Gasteiger partial charge in [0.05, 0.1) is 90.3 Å². The molecule has 0 aliphatic heterocycles. The first-order valence-electron chi connectivity index (χ1n) is 55.7. The standard InChI is InChI=1S/C29H34O3.C22H34O4.C19H32O2.C16H30O3.C15H22O3.C12H22O5.C11H22O4/c1-5-29(3,4)28(30)32-22(2)31-21-13-20-27-25(23-14-8-6-9-15-23)18-12-19-26(27)24-16-10-7-11-17-24;1-5-22(3,4)21(23)26-17(2)24-15-16-25-20-13-11-19(12-14-20)18-9-7-6-8-10-18;1-5-19(3,4)18(20)21-12(2)6-17-15-8-13-7-14(10-15)11-16(17)9-13;1-5-16(3,4)15(17)19-13(2)18-12-11-14-9-7-6-8-10-14;1-5-15(3,4)14(16)18-12(2)17-11-13-9-7-6-8-10-13;1-6-12(4,5)11(14)17-10(3)16-8-7-15-9(2)13;1-6-11(3,4)10(12)15-9(2)14-8-7-13-5/h6-12,14-19,22H,5,13,20-21H2,1-4H3;11-14,17-18H,5-10,15-16H2,1-4H3;12-17H,5-11H2,1-4H3;13-14H,5-12H2,1-4H3;6-10,12H,5,11H2,1-4H3;10H,6-8H2,1-5H3;9H,6-8H2,1-5H3. The summed E-state index contributed by atoms with van der Waals surface area (Å²) in [5.41, 5.74) is 5.59. The highest BCUT2D eigenvalue weighted by Crippen LogP contribution is 2.58. The first kappa shape index (κ1) is 132. The third kappa shape index (κ3) is 49.4. The smallest absolute Gasteiger partial charge is 0.313 e. The quantitative estimate of drug-likeness (QED) is 0.0151. The van der Waals surface area contributed by atoms with Gasteiger partial charge >= 0.3 is 47.8 Å². The molecule has 5 aromatic carbocycles. The van der Waals surface area contributed by atoms with Crippen molar-refractivity contribution in [1.29, 1.82) is 0 Å². The molecule has 11 rings (SSSR count). The summed E-state index contributed by atoms with van der Waals surface area (Å²) >= 11 is 0. The van der Waals surface area contributed by atoms with Crippen LogP contribution in [0.2, 0.25) is 0 Å². The minimum Gasteiger partial charge on any atom is -0.491 e. The molecule has 24 heteroatoms. The molecule has 7 atom stereocenters. The summed E-state index contributed by atoms with van der Waals surface area (Å²) in [5.74, 6) is 5.40. The summed E-state index contributed by atoms with van der Waals surface area (Å²) in [4.78, 5) is 93.9. The fraction of sp³-hybridized carbons (Fsp3) is 0.694. The monoisotopic (exact) mass is 2070 g/mol. The Balaban J connectivity index is 0.000000365. The van der Waals surface area contributed by atoms with Gasteiger partial charge in [-0.1, -0.05) is 221 Å². The van der Waals surface area contributed by atoms with Gasteiger partial charge in [-0.3, -0.25) is 38.4 Å². The molecule has 0 spiro atoms. The molecule has 4 bridgehead atoms. The van der Waals surface area contributed by atoms with E-state index in [4.69, 9.17) is 71.1 Å². The zero-order valence-electron chi connectivity index (χ0n) is 96.8. The van der Waals surface area contributed by atoms with Crippen LogP contribution >= 0.6 is 0 Å². The molecule has 0 heterocycles. The normalized spacial score (nSPS) is 18.2. The molecule has 0 saturated heterocycles. The predicted octanol–water partition coefficient (Wildman–Crippen LogP) is 29.3. The molecule has 24 nitrogen and oxygen atoms in total. The van der Waals surface area contributed by atoms with Gasteiger partial charge in [0.2, 0.25) is 6.29 Å². The van der Waals surface area contributed by atoms with Crippen molar-refractivity contribution in [2.45, 2.75) is 424 Å². The average Bonchev–Trinajstić information content (AvgIpc) is 0.742. The Kier molecular flexibility index (Phi) is 60.2. The maximum Gasteiger partial charge on any atom is 0.313 e. The predicted molar refractivity (Wildman–Crippen MR) is 587 cm³/mol. The van der Waals surface area contributed by atoms with Gasteiger partial charge in [-0.15, -0.1) is 0 Å². The van der Waals surface area contributed by atoms with E-state index >= 15 is 0 Å². The number of methoxy groups -OCH3 is 1. The lowest BCUT2D eigenvalue weighted by Crippen LogP contribution is -2.46. The minimum atomic E-state index is -0.635. The van der Waals surface area contributed by atoms with Crippen LogP contribution in [0.1, 0.15) is 384 Å². The largest absolute Gasteiger partial charge is 0.491 e. The zero-order chi connectivity index (χ0) is 110. The Bertz CT molecular complexity index is 4460. The maximum atomic E-state index is 12.3. The summed E-state index contributed by atoms with van der Waals surface area (Å²) in [6.07, 6.45) is 26.8. The van der Waals surface area contributed by atoms with Crippen LogP contribution < -0.4 is 4.74 Å². The lowest BCUT2D eigenvalue weighted by atomic mass is 9.51. The van der Waals surface area contributed by atoms with Gasteiger partial charge in [-0.2, -0.15) is 0 Å². The second kappa shape index (κ2) is 67.7. The van der Waals surface area contributed by atoms with Crippen molar-refractivity contribution in [3.8, 4) is 28.0 Å². The zero-order valence-corrected chi connectivity index (χ0v) is 96.8. The van der Waals surface area contributed by atoms with E-state index in [1.54, 1.807) is 41.7 Å². The van der Waals surface area contributed by atoms with Crippen molar-refractivity contribution in [1.82, 2.24) is 0 Å². The van der Waals surface area contributed by atoms with Crippen molar-refractivity contribution >= 4 is 47.8 Å². The van der Waals surface area contributed by atoms with Gasteiger partial charge in [0.1, 0.15) is 19.0 Å². The maximum absolute atomic E-state index is 12.3. The molecule has 6 aliphatic carbocycles. The average molecular weight is 2070 g/mol. The summed E-state index contributed by atoms with van der Waals surface area (Å²) < 4.78 is 85.5. The molecule has 6 saturated carbocycles. The van der Waals surface area contributed by atoms with Gasteiger partial charge in [0, 0.05) is 14.0 Å². The van der Waals surface area contributed by atoms with Gasteiger partial charge < -0.3 is 75.8 Å².